The van der Waals surface area contributed by atoms with E-state index >= 15 is 0 Å². The van der Waals surface area contributed by atoms with E-state index in [1.165, 1.54) is 49.4 Å². The van der Waals surface area contributed by atoms with Crippen molar-refractivity contribution < 1.29 is 4.42 Å². The summed E-state index contributed by atoms with van der Waals surface area (Å²) in [5.41, 5.74) is 14.1. The summed E-state index contributed by atoms with van der Waals surface area (Å²) in [7, 11) is 0. The van der Waals surface area contributed by atoms with Crippen LogP contribution in [-0.4, -0.2) is 19.5 Å². The summed E-state index contributed by atoms with van der Waals surface area (Å²) in [6, 6.07) is 76.2. The minimum Gasteiger partial charge on any atom is -0.455 e. The van der Waals surface area contributed by atoms with Crippen LogP contribution in [0.4, 0.5) is 0 Å². The molecule has 13 aromatic rings. The topological polar surface area (TPSA) is 56.7 Å². The monoisotopic (exact) mass is 870 g/mol. The van der Waals surface area contributed by atoms with Crippen molar-refractivity contribution >= 4 is 65.3 Å². The molecule has 0 amide bonds. The van der Waals surface area contributed by atoms with Crippen LogP contribution in [0.2, 0.25) is 0 Å². The Balaban J connectivity index is 1.03. The summed E-state index contributed by atoms with van der Waals surface area (Å²) < 4.78 is 9.32. The van der Waals surface area contributed by atoms with E-state index in [0.717, 1.165) is 72.5 Å². The van der Waals surface area contributed by atoms with E-state index in [0.29, 0.717) is 29.3 Å². The Morgan fingerprint density at radius 2 is 1.10 bits per heavy atom. The standard InChI is InChI=1S/C63H42N4O/c1-38-45-30-29-44(34-52(45)48-25-13-12-24-47(48)51(38)32-39-16-4-2-5-17-39)62-64-61(41-19-6-3-7-20-41)65-63(66-62)55-36-54-50-31-28-40-18-10-11-23-46(40)60(50)68-59(54)37-58(55)67-56-27-15-14-26-49(56)53-33-42-21-8-9-22-43(42)35-57(53)67/h2-31,33-38,51H,32H2,1H3. The number of aromatic nitrogens is 4. The Hall–Kier alpha value is -8.67. The van der Waals surface area contributed by atoms with E-state index in [9.17, 15) is 0 Å². The second-order valence-electron chi connectivity index (χ2n) is 18.3. The molecule has 5 nitrogen and oxygen atoms in total. The average molecular weight is 871 g/mol. The summed E-state index contributed by atoms with van der Waals surface area (Å²) in [4.78, 5) is 16.3. The van der Waals surface area contributed by atoms with Crippen molar-refractivity contribution in [2.45, 2.75) is 25.2 Å². The van der Waals surface area contributed by atoms with E-state index in [1.54, 1.807) is 0 Å². The Morgan fingerprint density at radius 3 is 1.94 bits per heavy atom. The Labute approximate surface area is 392 Å². The number of hydrogen-bond acceptors (Lipinski definition) is 4. The lowest BCUT2D eigenvalue weighted by Gasteiger charge is -2.34. The minimum atomic E-state index is 0.308. The lowest BCUT2D eigenvalue weighted by atomic mass is 9.70. The van der Waals surface area contributed by atoms with Gasteiger partial charge in [-0.3, -0.25) is 0 Å². The molecule has 14 rings (SSSR count). The molecule has 2 unspecified atom stereocenters. The first-order valence-electron chi connectivity index (χ1n) is 23.5. The van der Waals surface area contributed by atoms with Crippen molar-refractivity contribution in [1.29, 1.82) is 0 Å². The van der Waals surface area contributed by atoms with Crippen molar-refractivity contribution in [2.75, 3.05) is 0 Å². The van der Waals surface area contributed by atoms with Crippen LogP contribution in [0.3, 0.4) is 0 Å². The summed E-state index contributed by atoms with van der Waals surface area (Å²) in [5, 5.41) is 8.99. The van der Waals surface area contributed by atoms with Gasteiger partial charge in [0, 0.05) is 49.7 Å². The zero-order valence-electron chi connectivity index (χ0n) is 37.3. The molecule has 10 aromatic carbocycles. The third-order valence-electron chi connectivity index (χ3n) is 14.5. The zero-order valence-corrected chi connectivity index (χ0v) is 37.3. The van der Waals surface area contributed by atoms with Gasteiger partial charge in [-0.15, -0.1) is 0 Å². The van der Waals surface area contributed by atoms with Gasteiger partial charge in [0.15, 0.2) is 17.5 Å². The molecule has 5 heteroatoms. The van der Waals surface area contributed by atoms with Crippen molar-refractivity contribution in [3.8, 4) is 51.0 Å². The fourth-order valence-corrected chi connectivity index (χ4v) is 11.2. The van der Waals surface area contributed by atoms with Gasteiger partial charge in [0.1, 0.15) is 11.2 Å². The number of furan rings is 1. The fourth-order valence-electron chi connectivity index (χ4n) is 11.2. The van der Waals surface area contributed by atoms with Crippen molar-refractivity contribution in [2.24, 2.45) is 0 Å². The third-order valence-corrected chi connectivity index (χ3v) is 14.5. The lowest BCUT2D eigenvalue weighted by molar-refractivity contribution is 0.566. The number of hydrogen-bond donors (Lipinski definition) is 0. The predicted molar refractivity (Wildman–Crippen MR) is 280 cm³/mol. The van der Waals surface area contributed by atoms with Crippen LogP contribution in [0, 0.1) is 0 Å². The molecule has 0 fully saturated rings. The molecule has 0 bridgehead atoms. The maximum Gasteiger partial charge on any atom is 0.166 e. The van der Waals surface area contributed by atoms with Crippen LogP contribution >= 0.6 is 0 Å². The van der Waals surface area contributed by atoms with Crippen LogP contribution < -0.4 is 0 Å². The summed E-state index contributed by atoms with van der Waals surface area (Å²) in [5.74, 6) is 2.48. The van der Waals surface area contributed by atoms with Crippen molar-refractivity contribution in [1.82, 2.24) is 19.5 Å². The first-order valence-corrected chi connectivity index (χ1v) is 23.5. The summed E-state index contributed by atoms with van der Waals surface area (Å²) in [6.07, 6.45) is 0.981. The molecule has 3 heterocycles. The molecule has 0 aliphatic heterocycles. The minimum absolute atomic E-state index is 0.308. The van der Waals surface area contributed by atoms with Crippen LogP contribution in [0.1, 0.15) is 35.4 Å². The van der Waals surface area contributed by atoms with Gasteiger partial charge in [0.25, 0.3) is 0 Å². The Bertz CT molecular complexity index is 4150. The first-order chi connectivity index (χ1) is 33.6. The summed E-state index contributed by atoms with van der Waals surface area (Å²) >= 11 is 0. The number of rotatable bonds is 6. The van der Waals surface area contributed by atoms with E-state index < -0.39 is 0 Å². The highest BCUT2D eigenvalue weighted by atomic mass is 16.3. The number of benzene rings is 10. The average Bonchev–Trinajstić information content (AvgIpc) is 3.93. The lowest BCUT2D eigenvalue weighted by Crippen LogP contribution is -2.18. The Kier molecular flexibility index (Phi) is 8.62. The highest BCUT2D eigenvalue weighted by Crippen LogP contribution is 2.49. The molecule has 0 radical (unpaired) electrons. The van der Waals surface area contributed by atoms with E-state index in [2.05, 4.69) is 206 Å². The molecule has 3 aromatic heterocycles. The van der Waals surface area contributed by atoms with Crippen molar-refractivity contribution in [3.05, 3.63) is 229 Å². The number of nitrogens with zero attached hydrogens (tertiary/aromatic N) is 4. The second kappa shape index (κ2) is 15.2. The fraction of sp³-hybridized carbons (Fsp3) is 0.0635. The van der Waals surface area contributed by atoms with Gasteiger partial charge in [-0.25, -0.2) is 15.0 Å². The predicted octanol–water partition coefficient (Wildman–Crippen LogP) is 16.3. The van der Waals surface area contributed by atoms with E-state index in [4.69, 9.17) is 19.4 Å². The van der Waals surface area contributed by atoms with Gasteiger partial charge >= 0.3 is 0 Å². The second-order valence-corrected chi connectivity index (χ2v) is 18.3. The van der Waals surface area contributed by atoms with Gasteiger partial charge in [-0.2, -0.15) is 0 Å². The van der Waals surface area contributed by atoms with Gasteiger partial charge in [-0.05, 0) is 98.6 Å². The molecule has 1 aliphatic carbocycles. The molecule has 1 aliphatic rings. The molecule has 2 atom stereocenters. The smallest absolute Gasteiger partial charge is 0.166 e. The van der Waals surface area contributed by atoms with Gasteiger partial charge < -0.3 is 8.98 Å². The van der Waals surface area contributed by atoms with Gasteiger partial charge in [0.2, 0.25) is 0 Å². The highest BCUT2D eigenvalue weighted by Gasteiger charge is 2.32. The molecule has 68 heavy (non-hydrogen) atoms. The van der Waals surface area contributed by atoms with Crippen molar-refractivity contribution in [3.63, 3.8) is 0 Å². The van der Waals surface area contributed by atoms with Crippen LogP contribution in [0.5, 0.6) is 0 Å². The molecule has 0 spiro atoms. The van der Waals surface area contributed by atoms with E-state index in [-0.39, 0.29) is 0 Å². The quantitative estimate of drug-likeness (QED) is 0.167. The first kappa shape index (κ1) is 38.6. The number of para-hydroxylation sites is 1. The molecule has 0 saturated carbocycles. The maximum atomic E-state index is 6.94. The third kappa shape index (κ3) is 6.05. The maximum absolute atomic E-state index is 6.94. The Morgan fingerprint density at radius 1 is 0.426 bits per heavy atom. The van der Waals surface area contributed by atoms with Gasteiger partial charge in [0.05, 0.1) is 16.7 Å². The molecule has 320 valence electrons. The summed E-state index contributed by atoms with van der Waals surface area (Å²) in [6.45, 7) is 2.38. The van der Waals surface area contributed by atoms with Crippen LogP contribution in [-0.2, 0) is 6.42 Å². The molecule has 0 N–H and O–H groups in total. The molecular formula is C63H42N4O. The highest BCUT2D eigenvalue weighted by molar-refractivity contribution is 6.17. The normalized spacial score (nSPS) is 14.6. The van der Waals surface area contributed by atoms with Gasteiger partial charge in [-0.1, -0.05) is 177 Å². The number of fused-ring (bicyclic) bond motifs is 12. The van der Waals surface area contributed by atoms with Crippen LogP contribution in [0.25, 0.3) is 116 Å². The molecular weight excluding hydrogens is 829 g/mol. The SMILES string of the molecule is CC1c2ccc(-c3nc(-c4ccccc4)nc(-c4cc5c(cc4-n4c6ccccc6c6cc7ccccc7cc64)oc4c6ccccc6ccc54)n3)cc2-c2ccccc2C1Cc1ccccc1. The van der Waals surface area contributed by atoms with E-state index in [1.807, 2.05) is 18.2 Å². The zero-order chi connectivity index (χ0) is 44.9. The largest absolute Gasteiger partial charge is 0.455 e. The van der Waals surface area contributed by atoms with Crippen LogP contribution in [0.15, 0.2) is 217 Å². The molecule has 0 saturated heterocycles.